The minimum atomic E-state index is 0.141. The number of fused-ring (bicyclic) bond motifs is 2. The summed E-state index contributed by atoms with van der Waals surface area (Å²) in [5.41, 5.74) is 0. The zero-order chi connectivity index (χ0) is 7.84. The first-order chi connectivity index (χ1) is 5.25. The number of rotatable bonds is 1. The second-order valence-corrected chi connectivity index (χ2v) is 3.98. The van der Waals surface area contributed by atoms with Crippen LogP contribution < -0.4 is 5.32 Å². The molecular weight excluding hydrogens is 138 g/mol. The molecule has 0 aliphatic heterocycles. The van der Waals surface area contributed by atoms with Crippen molar-refractivity contribution in [2.24, 2.45) is 11.8 Å². The van der Waals surface area contributed by atoms with Crippen LogP contribution in [0.25, 0.3) is 0 Å². The van der Waals surface area contributed by atoms with E-state index in [0.29, 0.717) is 6.04 Å². The van der Waals surface area contributed by atoms with E-state index in [-0.39, 0.29) is 5.91 Å². The first-order valence-corrected chi connectivity index (χ1v) is 4.53. The number of hydrogen-bond donors (Lipinski definition) is 1. The largest absolute Gasteiger partial charge is 0.353 e. The SMILES string of the molecule is CC(=O)N[C@H]1CC2CCC1C2. The first kappa shape index (κ1) is 7.14. The van der Waals surface area contributed by atoms with Crippen LogP contribution in [0.15, 0.2) is 0 Å². The van der Waals surface area contributed by atoms with E-state index in [1.54, 1.807) is 6.92 Å². The molecule has 0 saturated heterocycles. The fourth-order valence-electron chi connectivity index (χ4n) is 2.68. The zero-order valence-electron chi connectivity index (χ0n) is 6.97. The monoisotopic (exact) mass is 153 g/mol. The van der Waals surface area contributed by atoms with Crippen LogP contribution in [0.2, 0.25) is 0 Å². The van der Waals surface area contributed by atoms with Crippen LogP contribution in [-0.4, -0.2) is 11.9 Å². The quantitative estimate of drug-likeness (QED) is 0.604. The number of hydrogen-bond acceptors (Lipinski definition) is 1. The summed E-state index contributed by atoms with van der Waals surface area (Å²) in [6, 6.07) is 0.520. The molecule has 2 nitrogen and oxygen atoms in total. The van der Waals surface area contributed by atoms with E-state index in [2.05, 4.69) is 5.32 Å². The van der Waals surface area contributed by atoms with Gasteiger partial charge in [-0.05, 0) is 31.1 Å². The van der Waals surface area contributed by atoms with Crippen molar-refractivity contribution in [3.8, 4) is 0 Å². The summed E-state index contributed by atoms with van der Waals surface area (Å²) in [6.07, 6.45) is 5.35. The van der Waals surface area contributed by atoms with E-state index in [1.807, 2.05) is 0 Å². The van der Waals surface area contributed by atoms with E-state index < -0.39 is 0 Å². The van der Waals surface area contributed by atoms with E-state index in [4.69, 9.17) is 0 Å². The summed E-state index contributed by atoms with van der Waals surface area (Å²) in [7, 11) is 0. The van der Waals surface area contributed by atoms with Crippen LogP contribution in [0.1, 0.15) is 32.6 Å². The number of carbonyl (C=O) groups is 1. The molecule has 62 valence electrons. The molecule has 2 rings (SSSR count). The smallest absolute Gasteiger partial charge is 0.217 e. The molecule has 0 spiro atoms. The third-order valence-corrected chi connectivity index (χ3v) is 3.13. The molecule has 1 amide bonds. The molecule has 2 heteroatoms. The predicted octanol–water partition coefficient (Wildman–Crippen LogP) is 1.31. The lowest BCUT2D eigenvalue weighted by Gasteiger charge is -2.21. The second-order valence-electron chi connectivity index (χ2n) is 3.98. The highest BCUT2D eigenvalue weighted by molar-refractivity contribution is 5.73. The molecule has 0 aromatic heterocycles. The fourth-order valence-corrected chi connectivity index (χ4v) is 2.68. The van der Waals surface area contributed by atoms with Gasteiger partial charge in [-0.1, -0.05) is 6.42 Å². The van der Waals surface area contributed by atoms with Crippen molar-refractivity contribution < 1.29 is 4.79 Å². The van der Waals surface area contributed by atoms with Crippen molar-refractivity contribution >= 4 is 5.91 Å². The van der Waals surface area contributed by atoms with Crippen molar-refractivity contribution in [2.75, 3.05) is 0 Å². The molecule has 2 saturated carbocycles. The van der Waals surface area contributed by atoms with Gasteiger partial charge in [0.15, 0.2) is 0 Å². The molecule has 2 bridgehead atoms. The molecule has 11 heavy (non-hydrogen) atoms. The topological polar surface area (TPSA) is 29.1 Å². The molecule has 2 aliphatic carbocycles. The maximum absolute atomic E-state index is 10.8. The minimum absolute atomic E-state index is 0.141. The molecule has 2 fully saturated rings. The maximum atomic E-state index is 10.8. The Morgan fingerprint density at radius 1 is 1.36 bits per heavy atom. The predicted molar refractivity (Wildman–Crippen MR) is 43.1 cm³/mol. The van der Waals surface area contributed by atoms with Crippen LogP contribution >= 0.6 is 0 Å². The normalized spacial score (nSPS) is 41.0. The average molecular weight is 153 g/mol. The van der Waals surface area contributed by atoms with Crippen LogP contribution in [0, 0.1) is 11.8 Å². The minimum Gasteiger partial charge on any atom is -0.353 e. The van der Waals surface area contributed by atoms with E-state index in [0.717, 1.165) is 11.8 Å². The van der Waals surface area contributed by atoms with Crippen LogP contribution in [0.3, 0.4) is 0 Å². The molecule has 0 heterocycles. The summed E-state index contributed by atoms with van der Waals surface area (Å²) in [4.78, 5) is 10.8. The summed E-state index contributed by atoms with van der Waals surface area (Å²) in [5, 5.41) is 3.03. The molecule has 0 aromatic carbocycles. The maximum Gasteiger partial charge on any atom is 0.217 e. The molecule has 1 N–H and O–H groups in total. The van der Waals surface area contributed by atoms with Gasteiger partial charge in [0.1, 0.15) is 0 Å². The second kappa shape index (κ2) is 2.50. The Balaban J connectivity index is 1.92. The van der Waals surface area contributed by atoms with Gasteiger partial charge < -0.3 is 5.32 Å². The zero-order valence-corrected chi connectivity index (χ0v) is 6.97. The molecule has 3 atom stereocenters. The molecule has 2 unspecified atom stereocenters. The summed E-state index contributed by atoms with van der Waals surface area (Å²) < 4.78 is 0. The van der Waals surface area contributed by atoms with Gasteiger partial charge in [-0.25, -0.2) is 0 Å². The van der Waals surface area contributed by atoms with E-state index in [1.165, 1.54) is 25.7 Å². The summed E-state index contributed by atoms with van der Waals surface area (Å²) in [5.74, 6) is 1.88. The summed E-state index contributed by atoms with van der Waals surface area (Å²) in [6.45, 7) is 1.62. The lowest BCUT2D eigenvalue weighted by atomic mass is 9.95. The average Bonchev–Trinajstić information content (AvgIpc) is 2.45. The standard InChI is InChI=1S/C9H15NO/c1-6(11)10-9-5-7-2-3-8(9)4-7/h7-9H,2-5H2,1H3,(H,10,11)/t7?,8?,9-/m0/s1. The third kappa shape index (κ3) is 1.26. The van der Waals surface area contributed by atoms with Gasteiger partial charge in [0.25, 0.3) is 0 Å². The van der Waals surface area contributed by atoms with Crippen LogP contribution in [-0.2, 0) is 4.79 Å². The number of nitrogens with one attached hydrogen (secondary N) is 1. The first-order valence-electron chi connectivity index (χ1n) is 4.53. The van der Waals surface area contributed by atoms with Crippen molar-refractivity contribution in [1.82, 2.24) is 5.32 Å². The van der Waals surface area contributed by atoms with Gasteiger partial charge >= 0.3 is 0 Å². The van der Waals surface area contributed by atoms with Crippen LogP contribution in [0.5, 0.6) is 0 Å². The Hall–Kier alpha value is -0.530. The van der Waals surface area contributed by atoms with Crippen LogP contribution in [0.4, 0.5) is 0 Å². The highest BCUT2D eigenvalue weighted by Crippen LogP contribution is 2.44. The van der Waals surface area contributed by atoms with E-state index >= 15 is 0 Å². The Labute approximate surface area is 67.4 Å². The Bertz CT molecular complexity index is 178. The summed E-state index contributed by atoms with van der Waals surface area (Å²) >= 11 is 0. The van der Waals surface area contributed by atoms with Crippen molar-refractivity contribution in [3.63, 3.8) is 0 Å². The lowest BCUT2D eigenvalue weighted by molar-refractivity contribution is -0.120. The van der Waals surface area contributed by atoms with Crippen molar-refractivity contribution in [1.29, 1.82) is 0 Å². The Morgan fingerprint density at radius 2 is 2.18 bits per heavy atom. The van der Waals surface area contributed by atoms with Gasteiger partial charge in [-0.2, -0.15) is 0 Å². The van der Waals surface area contributed by atoms with Gasteiger partial charge in [0.2, 0.25) is 5.91 Å². The molecule has 0 aromatic rings. The van der Waals surface area contributed by atoms with Gasteiger partial charge in [-0.3, -0.25) is 4.79 Å². The van der Waals surface area contributed by atoms with Gasteiger partial charge in [-0.15, -0.1) is 0 Å². The van der Waals surface area contributed by atoms with Gasteiger partial charge in [0.05, 0.1) is 0 Å². The third-order valence-electron chi connectivity index (χ3n) is 3.13. The van der Waals surface area contributed by atoms with E-state index in [9.17, 15) is 4.79 Å². The highest BCUT2D eigenvalue weighted by atomic mass is 16.1. The Kier molecular flexibility index (Phi) is 1.63. The van der Waals surface area contributed by atoms with Gasteiger partial charge in [0, 0.05) is 13.0 Å². The highest BCUT2D eigenvalue weighted by Gasteiger charge is 2.39. The number of carbonyl (C=O) groups excluding carboxylic acids is 1. The lowest BCUT2D eigenvalue weighted by Crippen LogP contribution is -2.36. The number of amides is 1. The Morgan fingerprint density at radius 3 is 2.64 bits per heavy atom. The van der Waals surface area contributed by atoms with Crippen molar-refractivity contribution in [2.45, 2.75) is 38.6 Å². The molecular formula is C9H15NO. The molecule has 0 radical (unpaired) electrons. The van der Waals surface area contributed by atoms with Crippen molar-refractivity contribution in [3.05, 3.63) is 0 Å². The fraction of sp³-hybridized carbons (Fsp3) is 0.889. The molecule has 2 aliphatic rings.